The van der Waals surface area contributed by atoms with Crippen LogP contribution in [0, 0.1) is 11.3 Å². The van der Waals surface area contributed by atoms with E-state index in [1.807, 2.05) is 11.4 Å². The van der Waals surface area contributed by atoms with Crippen molar-refractivity contribution >= 4 is 11.3 Å². The van der Waals surface area contributed by atoms with Gasteiger partial charge in [0.05, 0.1) is 12.2 Å². The Bertz CT molecular complexity index is 404. The van der Waals surface area contributed by atoms with Crippen molar-refractivity contribution in [2.45, 2.75) is 44.7 Å². The third-order valence-corrected chi connectivity index (χ3v) is 4.54. The summed E-state index contributed by atoms with van der Waals surface area (Å²) in [6.07, 6.45) is 6.45. The number of nitrogens with zero attached hydrogens (tertiary/aromatic N) is 2. The number of hydrogen-bond acceptors (Lipinski definition) is 4. The molecule has 1 N–H and O–H groups in total. The fourth-order valence-corrected chi connectivity index (χ4v) is 3.52. The van der Waals surface area contributed by atoms with E-state index in [0.29, 0.717) is 6.04 Å². The van der Waals surface area contributed by atoms with E-state index >= 15 is 0 Å². The molecule has 1 fully saturated rings. The zero-order valence-corrected chi connectivity index (χ0v) is 11.5. The van der Waals surface area contributed by atoms with Gasteiger partial charge in [-0.05, 0) is 18.9 Å². The van der Waals surface area contributed by atoms with Gasteiger partial charge >= 0.3 is 0 Å². The predicted molar refractivity (Wildman–Crippen MR) is 73.4 cm³/mol. The van der Waals surface area contributed by atoms with Crippen molar-refractivity contribution in [2.24, 2.45) is 0 Å². The molecule has 1 heterocycles. The van der Waals surface area contributed by atoms with Crippen LogP contribution >= 0.6 is 11.3 Å². The van der Waals surface area contributed by atoms with E-state index < -0.39 is 0 Å². The first-order chi connectivity index (χ1) is 8.83. The van der Waals surface area contributed by atoms with Crippen LogP contribution in [0.15, 0.2) is 11.4 Å². The second-order valence-electron chi connectivity index (χ2n) is 4.90. The van der Waals surface area contributed by atoms with E-state index in [4.69, 9.17) is 5.26 Å². The highest BCUT2D eigenvalue weighted by Crippen LogP contribution is 2.25. The van der Waals surface area contributed by atoms with Gasteiger partial charge in [0.25, 0.3) is 0 Å². The maximum absolute atomic E-state index is 9.21. The standard InChI is InChI=1S/C14H20N2OS/c15-9-12-8-14(18-11-12)10-16(6-7-17)13-4-2-1-3-5-13/h8,11,13,17H,1-7,10H2. The van der Waals surface area contributed by atoms with Crippen LogP contribution in [-0.2, 0) is 6.54 Å². The number of aliphatic hydroxyl groups excluding tert-OH is 1. The molecule has 2 rings (SSSR count). The molecule has 0 amide bonds. The molecule has 3 nitrogen and oxygen atoms in total. The first-order valence-corrected chi connectivity index (χ1v) is 7.54. The van der Waals surface area contributed by atoms with E-state index in [9.17, 15) is 5.11 Å². The average molecular weight is 264 g/mol. The van der Waals surface area contributed by atoms with Crippen LogP contribution in [0.3, 0.4) is 0 Å². The Morgan fingerprint density at radius 3 is 2.78 bits per heavy atom. The molecule has 98 valence electrons. The Kier molecular flexibility index (Phi) is 5.18. The minimum Gasteiger partial charge on any atom is -0.395 e. The van der Waals surface area contributed by atoms with Crippen molar-refractivity contribution in [3.8, 4) is 6.07 Å². The molecule has 0 bridgehead atoms. The lowest BCUT2D eigenvalue weighted by Gasteiger charge is -2.33. The molecule has 4 heteroatoms. The summed E-state index contributed by atoms with van der Waals surface area (Å²) in [5, 5.41) is 20.0. The number of thiophene rings is 1. The molecular formula is C14H20N2OS. The molecule has 1 aliphatic rings. The van der Waals surface area contributed by atoms with E-state index in [1.54, 1.807) is 11.3 Å². The fraction of sp³-hybridized carbons (Fsp3) is 0.643. The zero-order valence-electron chi connectivity index (χ0n) is 10.6. The number of hydrogen-bond donors (Lipinski definition) is 1. The lowest BCUT2D eigenvalue weighted by atomic mass is 9.94. The Morgan fingerprint density at radius 1 is 1.39 bits per heavy atom. The average Bonchev–Trinajstić information content (AvgIpc) is 2.87. The molecule has 0 radical (unpaired) electrons. The molecule has 18 heavy (non-hydrogen) atoms. The summed E-state index contributed by atoms with van der Waals surface area (Å²) in [7, 11) is 0. The second-order valence-corrected chi connectivity index (χ2v) is 5.90. The zero-order chi connectivity index (χ0) is 12.8. The van der Waals surface area contributed by atoms with Crippen LogP contribution in [0.25, 0.3) is 0 Å². The van der Waals surface area contributed by atoms with Crippen molar-refractivity contribution in [3.05, 3.63) is 21.9 Å². The highest BCUT2D eigenvalue weighted by molar-refractivity contribution is 7.10. The minimum atomic E-state index is 0.215. The van der Waals surface area contributed by atoms with E-state index in [-0.39, 0.29) is 6.61 Å². The predicted octanol–water partition coefficient (Wildman–Crippen LogP) is 2.75. The highest BCUT2D eigenvalue weighted by Gasteiger charge is 2.21. The van der Waals surface area contributed by atoms with E-state index in [2.05, 4.69) is 11.0 Å². The number of aliphatic hydroxyl groups is 1. The first-order valence-electron chi connectivity index (χ1n) is 6.66. The molecule has 0 unspecified atom stereocenters. The normalized spacial score (nSPS) is 16.9. The van der Waals surface area contributed by atoms with E-state index in [1.165, 1.54) is 37.0 Å². The Balaban J connectivity index is 1.98. The van der Waals surface area contributed by atoms with Crippen LogP contribution in [0.4, 0.5) is 0 Å². The Hall–Kier alpha value is -0.890. The molecule has 0 atom stereocenters. The van der Waals surface area contributed by atoms with Crippen LogP contribution in [0.1, 0.15) is 42.5 Å². The molecule has 0 saturated heterocycles. The second kappa shape index (κ2) is 6.89. The Morgan fingerprint density at radius 2 is 2.17 bits per heavy atom. The monoisotopic (exact) mass is 264 g/mol. The summed E-state index contributed by atoms with van der Waals surface area (Å²) < 4.78 is 0. The molecule has 1 saturated carbocycles. The van der Waals surface area contributed by atoms with Gasteiger partial charge in [-0.2, -0.15) is 5.26 Å². The summed E-state index contributed by atoms with van der Waals surface area (Å²) >= 11 is 1.65. The lowest BCUT2D eigenvalue weighted by molar-refractivity contribution is 0.118. The third kappa shape index (κ3) is 3.55. The molecule has 0 aromatic carbocycles. The van der Waals surface area contributed by atoms with Gasteiger partial charge in [-0.25, -0.2) is 0 Å². The number of rotatable bonds is 5. The van der Waals surface area contributed by atoms with Crippen LogP contribution < -0.4 is 0 Å². The van der Waals surface area contributed by atoms with Crippen LogP contribution in [0.2, 0.25) is 0 Å². The van der Waals surface area contributed by atoms with Gasteiger partial charge in [0.15, 0.2) is 0 Å². The van der Waals surface area contributed by atoms with Crippen molar-refractivity contribution in [3.63, 3.8) is 0 Å². The number of nitriles is 1. The van der Waals surface area contributed by atoms with Gasteiger partial charge in [-0.15, -0.1) is 11.3 Å². The molecule has 0 aliphatic heterocycles. The quantitative estimate of drug-likeness (QED) is 0.889. The molecule has 0 spiro atoms. The summed E-state index contributed by atoms with van der Waals surface area (Å²) in [5.74, 6) is 0. The van der Waals surface area contributed by atoms with Gasteiger partial charge in [-0.1, -0.05) is 19.3 Å². The minimum absolute atomic E-state index is 0.215. The van der Waals surface area contributed by atoms with E-state index in [0.717, 1.165) is 18.7 Å². The van der Waals surface area contributed by atoms with Crippen molar-refractivity contribution in [2.75, 3.05) is 13.2 Å². The van der Waals surface area contributed by atoms with Crippen LogP contribution in [-0.4, -0.2) is 29.2 Å². The van der Waals surface area contributed by atoms with Crippen molar-refractivity contribution in [1.82, 2.24) is 4.90 Å². The van der Waals surface area contributed by atoms with Gasteiger partial charge < -0.3 is 5.11 Å². The lowest BCUT2D eigenvalue weighted by Crippen LogP contribution is -2.38. The highest BCUT2D eigenvalue weighted by atomic mass is 32.1. The molecule has 1 aliphatic carbocycles. The van der Waals surface area contributed by atoms with Crippen molar-refractivity contribution < 1.29 is 5.11 Å². The topological polar surface area (TPSA) is 47.3 Å². The Labute approximate surface area is 113 Å². The summed E-state index contributed by atoms with van der Waals surface area (Å²) in [6, 6.07) is 4.75. The molecule has 1 aromatic heterocycles. The van der Waals surface area contributed by atoms with Crippen molar-refractivity contribution in [1.29, 1.82) is 5.26 Å². The van der Waals surface area contributed by atoms with Gasteiger partial charge in [0.2, 0.25) is 0 Å². The SMILES string of the molecule is N#Cc1csc(CN(CCO)C2CCCCC2)c1. The van der Waals surface area contributed by atoms with Gasteiger partial charge in [-0.3, -0.25) is 4.90 Å². The summed E-state index contributed by atoms with van der Waals surface area (Å²) in [5.41, 5.74) is 0.752. The molecular weight excluding hydrogens is 244 g/mol. The maximum atomic E-state index is 9.21. The summed E-state index contributed by atoms with van der Waals surface area (Å²) in [6.45, 7) is 1.83. The molecule has 1 aromatic rings. The van der Waals surface area contributed by atoms with Crippen LogP contribution in [0.5, 0.6) is 0 Å². The van der Waals surface area contributed by atoms with Gasteiger partial charge in [0.1, 0.15) is 6.07 Å². The maximum Gasteiger partial charge on any atom is 0.100 e. The fourth-order valence-electron chi connectivity index (χ4n) is 2.69. The largest absolute Gasteiger partial charge is 0.395 e. The van der Waals surface area contributed by atoms with Gasteiger partial charge in [0, 0.05) is 29.4 Å². The third-order valence-electron chi connectivity index (χ3n) is 3.62. The first kappa shape index (κ1) is 13.5. The smallest absolute Gasteiger partial charge is 0.100 e. The summed E-state index contributed by atoms with van der Waals surface area (Å²) in [4.78, 5) is 3.61.